The van der Waals surface area contributed by atoms with Gasteiger partial charge in [-0.05, 0) is 49.4 Å². The van der Waals surface area contributed by atoms with Crippen molar-refractivity contribution in [1.82, 2.24) is 15.4 Å². The van der Waals surface area contributed by atoms with Crippen molar-refractivity contribution in [2.24, 2.45) is 4.99 Å². The average molecular weight is 556 g/mol. The van der Waals surface area contributed by atoms with Gasteiger partial charge in [0.05, 0.1) is 17.0 Å². The summed E-state index contributed by atoms with van der Waals surface area (Å²) in [5.41, 5.74) is 0.558. The molecule has 0 radical (unpaired) electrons. The molecule has 11 heteroatoms. The van der Waals surface area contributed by atoms with E-state index < -0.39 is 21.8 Å². The Morgan fingerprint density at radius 1 is 1.03 bits per heavy atom. The molecule has 0 saturated heterocycles. The van der Waals surface area contributed by atoms with Crippen molar-refractivity contribution in [3.05, 3.63) is 65.2 Å². The fourth-order valence-corrected chi connectivity index (χ4v) is 3.18. The lowest BCUT2D eigenvalue weighted by molar-refractivity contribution is -0.137. The summed E-state index contributed by atoms with van der Waals surface area (Å²) in [5, 5.41) is 6.10. The molecule has 0 unspecified atom stereocenters. The molecule has 166 valence electrons. The van der Waals surface area contributed by atoms with Crippen LogP contribution in [0.15, 0.2) is 58.4 Å². The lowest BCUT2D eigenvalue weighted by atomic mass is 10.1. The first-order chi connectivity index (χ1) is 13.7. The fraction of sp³-hybridized carbons (Fsp3) is 0.316. The largest absolute Gasteiger partial charge is 0.416 e. The summed E-state index contributed by atoms with van der Waals surface area (Å²) >= 11 is 0. The van der Waals surface area contributed by atoms with Gasteiger partial charge in [0, 0.05) is 13.1 Å². The summed E-state index contributed by atoms with van der Waals surface area (Å²) < 4.78 is 64.2. The SMILES string of the molecule is CCNC(=NCc1cccc(C(F)(F)F)c1)NCc1ccc(S(=O)(=O)NC)cc1.I. The molecule has 2 aromatic rings. The Morgan fingerprint density at radius 3 is 2.27 bits per heavy atom. The molecular formula is C19H24F3IN4O2S. The number of aliphatic imine (C=N–C) groups is 1. The van der Waals surface area contributed by atoms with E-state index in [0.717, 1.165) is 17.7 Å². The maximum absolute atomic E-state index is 12.8. The Kier molecular flexibility index (Phi) is 10.0. The van der Waals surface area contributed by atoms with E-state index in [1.54, 1.807) is 18.2 Å². The van der Waals surface area contributed by atoms with Gasteiger partial charge in [0.2, 0.25) is 10.0 Å². The van der Waals surface area contributed by atoms with Crippen LogP contribution >= 0.6 is 24.0 Å². The van der Waals surface area contributed by atoms with Gasteiger partial charge in [-0.2, -0.15) is 13.2 Å². The van der Waals surface area contributed by atoms with E-state index in [-0.39, 0.29) is 35.4 Å². The first-order valence-electron chi connectivity index (χ1n) is 8.86. The number of nitrogens with zero attached hydrogens (tertiary/aromatic N) is 1. The minimum Gasteiger partial charge on any atom is -0.357 e. The predicted octanol–water partition coefficient (Wildman–Crippen LogP) is 3.49. The quantitative estimate of drug-likeness (QED) is 0.277. The number of rotatable bonds is 7. The van der Waals surface area contributed by atoms with Crippen LogP contribution in [0, 0.1) is 0 Å². The summed E-state index contributed by atoms with van der Waals surface area (Å²) in [6.07, 6.45) is -4.39. The lowest BCUT2D eigenvalue weighted by Gasteiger charge is -2.12. The second kappa shape index (κ2) is 11.5. The van der Waals surface area contributed by atoms with Gasteiger partial charge in [0.1, 0.15) is 0 Å². The summed E-state index contributed by atoms with van der Waals surface area (Å²) in [6.45, 7) is 2.90. The third-order valence-corrected chi connectivity index (χ3v) is 5.41. The van der Waals surface area contributed by atoms with Gasteiger partial charge in [-0.25, -0.2) is 18.1 Å². The number of hydrogen-bond donors (Lipinski definition) is 3. The van der Waals surface area contributed by atoms with Gasteiger partial charge in [0.15, 0.2) is 5.96 Å². The van der Waals surface area contributed by atoms with Crippen LogP contribution in [-0.4, -0.2) is 28.0 Å². The minimum absolute atomic E-state index is 0. The second-order valence-corrected chi connectivity index (χ2v) is 7.98. The van der Waals surface area contributed by atoms with Crippen molar-refractivity contribution in [3.8, 4) is 0 Å². The molecule has 0 fully saturated rings. The molecule has 2 aromatic carbocycles. The number of nitrogens with one attached hydrogen (secondary N) is 3. The number of hydrogen-bond acceptors (Lipinski definition) is 3. The maximum Gasteiger partial charge on any atom is 0.416 e. The van der Waals surface area contributed by atoms with E-state index >= 15 is 0 Å². The third kappa shape index (κ3) is 7.76. The highest BCUT2D eigenvalue weighted by molar-refractivity contribution is 14.0. The van der Waals surface area contributed by atoms with Gasteiger partial charge in [-0.3, -0.25) is 0 Å². The molecular weight excluding hydrogens is 532 g/mol. The third-order valence-electron chi connectivity index (χ3n) is 3.98. The Labute approximate surface area is 191 Å². The first kappa shape index (κ1) is 26.2. The van der Waals surface area contributed by atoms with Gasteiger partial charge in [0.25, 0.3) is 0 Å². The Hall–Kier alpha value is -1.86. The summed E-state index contributed by atoms with van der Waals surface area (Å²) in [4.78, 5) is 4.47. The maximum atomic E-state index is 12.8. The number of benzene rings is 2. The number of sulfonamides is 1. The number of alkyl halides is 3. The molecule has 0 amide bonds. The number of guanidine groups is 1. The first-order valence-corrected chi connectivity index (χ1v) is 10.3. The Bertz CT molecular complexity index is 949. The van der Waals surface area contributed by atoms with Crippen LogP contribution in [-0.2, 0) is 29.3 Å². The second-order valence-electron chi connectivity index (χ2n) is 6.10. The van der Waals surface area contributed by atoms with Gasteiger partial charge in [-0.1, -0.05) is 24.3 Å². The smallest absolute Gasteiger partial charge is 0.357 e. The molecule has 2 rings (SSSR count). The van der Waals surface area contributed by atoms with Gasteiger partial charge in [-0.15, -0.1) is 24.0 Å². The fourth-order valence-electron chi connectivity index (χ4n) is 2.45. The molecule has 0 heterocycles. The monoisotopic (exact) mass is 556 g/mol. The predicted molar refractivity (Wildman–Crippen MR) is 121 cm³/mol. The van der Waals surface area contributed by atoms with E-state index in [1.165, 1.54) is 25.2 Å². The Morgan fingerprint density at radius 2 is 1.70 bits per heavy atom. The molecule has 0 saturated carbocycles. The molecule has 6 nitrogen and oxygen atoms in total. The zero-order valence-electron chi connectivity index (χ0n) is 16.5. The van der Waals surface area contributed by atoms with E-state index in [1.807, 2.05) is 6.92 Å². The molecule has 0 aliphatic rings. The van der Waals surface area contributed by atoms with Crippen LogP contribution in [0.25, 0.3) is 0 Å². The normalized spacial score (nSPS) is 12.2. The van der Waals surface area contributed by atoms with Gasteiger partial charge < -0.3 is 10.6 Å². The van der Waals surface area contributed by atoms with Crippen LogP contribution in [0.4, 0.5) is 13.2 Å². The van der Waals surface area contributed by atoms with Crippen LogP contribution in [0.2, 0.25) is 0 Å². The minimum atomic E-state index is -4.39. The lowest BCUT2D eigenvalue weighted by Crippen LogP contribution is -2.36. The molecule has 0 bridgehead atoms. The Balaban J connectivity index is 0.00000450. The summed E-state index contributed by atoms with van der Waals surface area (Å²) in [6, 6.07) is 11.4. The molecule has 0 spiro atoms. The van der Waals surface area contributed by atoms with Crippen molar-refractivity contribution >= 4 is 40.0 Å². The molecule has 0 aromatic heterocycles. The van der Waals surface area contributed by atoms with Crippen molar-refractivity contribution in [1.29, 1.82) is 0 Å². The van der Waals surface area contributed by atoms with Crippen molar-refractivity contribution < 1.29 is 21.6 Å². The molecule has 0 atom stereocenters. The van der Waals surface area contributed by atoms with Crippen LogP contribution in [0.1, 0.15) is 23.6 Å². The van der Waals surface area contributed by atoms with Gasteiger partial charge >= 0.3 is 6.18 Å². The van der Waals surface area contributed by atoms with Crippen molar-refractivity contribution in [2.75, 3.05) is 13.6 Å². The van der Waals surface area contributed by atoms with Crippen LogP contribution in [0.5, 0.6) is 0 Å². The molecule has 0 aliphatic heterocycles. The van der Waals surface area contributed by atoms with E-state index in [0.29, 0.717) is 24.6 Å². The molecule has 3 N–H and O–H groups in total. The highest BCUT2D eigenvalue weighted by atomic mass is 127. The van der Waals surface area contributed by atoms with Crippen LogP contribution in [0.3, 0.4) is 0 Å². The molecule has 30 heavy (non-hydrogen) atoms. The average Bonchev–Trinajstić information content (AvgIpc) is 2.70. The zero-order valence-corrected chi connectivity index (χ0v) is 19.6. The van der Waals surface area contributed by atoms with Crippen LogP contribution < -0.4 is 15.4 Å². The van der Waals surface area contributed by atoms with Crippen molar-refractivity contribution in [3.63, 3.8) is 0 Å². The highest BCUT2D eigenvalue weighted by Crippen LogP contribution is 2.29. The standard InChI is InChI=1S/C19H23F3N4O2S.HI/c1-3-24-18(26-13-15-5-4-6-16(11-15)19(20,21)22)25-12-14-7-9-17(10-8-14)29(27,28)23-2;/h4-11,23H,3,12-13H2,1-2H3,(H2,24,25,26);1H. The zero-order chi connectivity index (χ0) is 21.5. The van der Waals surface area contributed by atoms with E-state index in [9.17, 15) is 21.6 Å². The molecule has 0 aliphatic carbocycles. The topological polar surface area (TPSA) is 82.6 Å². The van der Waals surface area contributed by atoms with Crippen molar-refractivity contribution in [2.45, 2.75) is 31.1 Å². The van der Waals surface area contributed by atoms with E-state index in [4.69, 9.17) is 0 Å². The summed E-state index contributed by atoms with van der Waals surface area (Å²) in [7, 11) is -2.15. The number of halogens is 4. The summed E-state index contributed by atoms with van der Waals surface area (Å²) in [5.74, 6) is 0.442. The van der Waals surface area contributed by atoms with E-state index in [2.05, 4.69) is 20.3 Å². The highest BCUT2D eigenvalue weighted by Gasteiger charge is 2.30.